The number of nitrogens with two attached hydrogens (primary N) is 1. The smallest absolute Gasteiger partial charge is 0.261 e. The van der Waals surface area contributed by atoms with Gasteiger partial charge in [-0.15, -0.1) is 0 Å². The van der Waals surface area contributed by atoms with Gasteiger partial charge in [0.25, 0.3) is 5.56 Å². The van der Waals surface area contributed by atoms with Crippen molar-refractivity contribution < 1.29 is 23.2 Å². The van der Waals surface area contributed by atoms with E-state index < -0.39 is 36.0 Å². The number of nitrogens with one attached hydrogen (secondary N) is 1. The maximum Gasteiger partial charge on any atom is 0.261 e. The standard InChI is InChI=1S/C22H21F2N3O3S.C2H5NO/c1-3-19(21(29)26-13(2)20(28)11-23)27-12-25-18-8-7-16(10-17(18)22(27)30)31-15-6-4-5-14(24)9-15;1-2(3)4/h4-10,12-13,19H,3,11H2,1-2H3,(H,26,29);1H3,(H2,3,4)/t13?,19-;/m0./s1. The number of ketones is 1. The Hall–Kier alpha value is -3.60. The lowest BCUT2D eigenvalue weighted by atomic mass is 10.1. The number of Topliss-reactive ketones (excluding diaryl/α,β-unsaturated/α-hetero) is 1. The van der Waals surface area contributed by atoms with Crippen LogP contribution in [-0.2, 0) is 14.4 Å². The SMILES string of the molecule is CC(N)=O.CC[C@@H](C(=O)NC(C)C(=O)CF)n1cnc2ccc(Sc3cccc(F)c3)cc2c1=O. The van der Waals surface area contributed by atoms with Gasteiger partial charge in [-0.05, 0) is 49.7 Å². The average Bonchev–Trinajstić information content (AvgIpc) is 2.80. The number of aromatic nitrogens is 2. The van der Waals surface area contributed by atoms with E-state index in [0.29, 0.717) is 15.8 Å². The second-order valence-corrected chi connectivity index (χ2v) is 8.71. The molecule has 186 valence electrons. The monoisotopic (exact) mass is 504 g/mol. The predicted molar refractivity (Wildman–Crippen MR) is 129 cm³/mol. The molecule has 2 aromatic carbocycles. The average molecular weight is 505 g/mol. The predicted octanol–water partition coefficient (Wildman–Crippen LogP) is 3.17. The lowest BCUT2D eigenvalue weighted by Crippen LogP contribution is -2.44. The van der Waals surface area contributed by atoms with E-state index in [9.17, 15) is 28.0 Å². The van der Waals surface area contributed by atoms with Gasteiger partial charge in [0.2, 0.25) is 11.8 Å². The summed E-state index contributed by atoms with van der Waals surface area (Å²) in [5, 5.41) is 2.76. The number of alkyl halides is 1. The number of hydrogen-bond donors (Lipinski definition) is 2. The molecule has 3 N–H and O–H groups in total. The lowest BCUT2D eigenvalue weighted by Gasteiger charge is -2.20. The molecule has 0 bridgehead atoms. The summed E-state index contributed by atoms with van der Waals surface area (Å²) in [6, 6.07) is 9.33. The van der Waals surface area contributed by atoms with Crippen LogP contribution in [0.1, 0.15) is 33.2 Å². The Balaban J connectivity index is 0.00000100. The molecule has 1 unspecified atom stereocenters. The second kappa shape index (κ2) is 12.7. The molecule has 8 nitrogen and oxygen atoms in total. The molecule has 0 aliphatic heterocycles. The van der Waals surface area contributed by atoms with Crippen LogP contribution in [0.15, 0.2) is 63.4 Å². The summed E-state index contributed by atoms with van der Waals surface area (Å²) in [4.78, 5) is 52.1. The maximum atomic E-state index is 13.4. The molecule has 0 spiro atoms. The van der Waals surface area contributed by atoms with Crippen molar-refractivity contribution in [2.24, 2.45) is 5.73 Å². The van der Waals surface area contributed by atoms with Crippen molar-refractivity contribution in [1.82, 2.24) is 14.9 Å². The van der Waals surface area contributed by atoms with Gasteiger partial charge >= 0.3 is 0 Å². The van der Waals surface area contributed by atoms with Gasteiger partial charge in [-0.25, -0.2) is 13.8 Å². The Morgan fingerprint density at radius 2 is 1.83 bits per heavy atom. The molecule has 0 fully saturated rings. The van der Waals surface area contributed by atoms with Crippen LogP contribution in [0.3, 0.4) is 0 Å². The number of carbonyl (C=O) groups is 3. The fourth-order valence-corrected chi connectivity index (χ4v) is 3.98. The second-order valence-electron chi connectivity index (χ2n) is 7.56. The van der Waals surface area contributed by atoms with Crippen LogP contribution >= 0.6 is 11.8 Å². The third-order valence-corrected chi connectivity index (χ3v) is 5.76. The molecule has 0 saturated carbocycles. The first kappa shape index (κ1) is 27.6. The minimum absolute atomic E-state index is 0.271. The highest BCUT2D eigenvalue weighted by Gasteiger charge is 2.24. The van der Waals surface area contributed by atoms with Gasteiger partial charge in [-0.1, -0.05) is 24.8 Å². The topological polar surface area (TPSA) is 124 Å². The van der Waals surface area contributed by atoms with E-state index in [4.69, 9.17) is 0 Å². The molecule has 3 rings (SSSR count). The van der Waals surface area contributed by atoms with Crippen molar-refractivity contribution in [3.63, 3.8) is 0 Å². The first-order valence-electron chi connectivity index (χ1n) is 10.7. The van der Waals surface area contributed by atoms with Crippen LogP contribution in [-0.4, -0.2) is 39.9 Å². The van der Waals surface area contributed by atoms with E-state index in [0.717, 1.165) is 4.90 Å². The lowest BCUT2D eigenvalue weighted by molar-refractivity contribution is -0.129. The number of amides is 2. The fraction of sp³-hybridized carbons (Fsp3) is 0.292. The number of fused-ring (bicyclic) bond motifs is 1. The third kappa shape index (κ3) is 7.71. The molecule has 2 amide bonds. The van der Waals surface area contributed by atoms with Gasteiger partial charge in [-0.3, -0.25) is 23.7 Å². The number of rotatable bonds is 8. The highest BCUT2D eigenvalue weighted by Crippen LogP contribution is 2.29. The summed E-state index contributed by atoms with van der Waals surface area (Å²) in [6.45, 7) is 3.24. The number of halogens is 2. The zero-order valence-electron chi connectivity index (χ0n) is 19.5. The van der Waals surface area contributed by atoms with E-state index in [2.05, 4.69) is 16.0 Å². The van der Waals surface area contributed by atoms with Gasteiger partial charge in [0.1, 0.15) is 18.5 Å². The van der Waals surface area contributed by atoms with Crippen molar-refractivity contribution >= 4 is 40.3 Å². The molecule has 11 heteroatoms. The molecule has 3 aromatic rings. The molecule has 35 heavy (non-hydrogen) atoms. The molecular weight excluding hydrogens is 478 g/mol. The van der Waals surface area contributed by atoms with Crippen LogP contribution in [0.2, 0.25) is 0 Å². The zero-order chi connectivity index (χ0) is 26.1. The van der Waals surface area contributed by atoms with Crippen molar-refractivity contribution in [1.29, 1.82) is 0 Å². The number of nitrogens with zero attached hydrogens (tertiary/aromatic N) is 2. The Morgan fingerprint density at radius 1 is 1.17 bits per heavy atom. The molecule has 2 atom stereocenters. The van der Waals surface area contributed by atoms with Crippen LogP contribution in [0, 0.1) is 5.82 Å². The van der Waals surface area contributed by atoms with Gasteiger partial charge in [0, 0.05) is 16.7 Å². The summed E-state index contributed by atoms with van der Waals surface area (Å²) in [6.07, 6.45) is 1.56. The van der Waals surface area contributed by atoms with Gasteiger partial charge in [-0.2, -0.15) is 0 Å². The van der Waals surface area contributed by atoms with Crippen molar-refractivity contribution in [3.05, 3.63) is 65.0 Å². The van der Waals surface area contributed by atoms with Crippen molar-refractivity contribution in [3.8, 4) is 0 Å². The fourth-order valence-electron chi connectivity index (χ4n) is 3.08. The Morgan fingerprint density at radius 3 is 2.43 bits per heavy atom. The minimum Gasteiger partial charge on any atom is -0.370 e. The molecule has 1 aromatic heterocycles. The number of primary amides is 1. The largest absolute Gasteiger partial charge is 0.370 e. The number of benzene rings is 2. The highest BCUT2D eigenvalue weighted by atomic mass is 32.2. The highest BCUT2D eigenvalue weighted by molar-refractivity contribution is 7.99. The molecule has 0 aliphatic carbocycles. The zero-order valence-corrected chi connectivity index (χ0v) is 20.3. The summed E-state index contributed by atoms with van der Waals surface area (Å²) >= 11 is 1.30. The van der Waals surface area contributed by atoms with Gasteiger partial charge in [0.15, 0.2) is 5.78 Å². The summed E-state index contributed by atoms with van der Waals surface area (Å²) < 4.78 is 27.2. The van der Waals surface area contributed by atoms with E-state index in [-0.39, 0.29) is 18.1 Å². The summed E-state index contributed by atoms with van der Waals surface area (Å²) in [5.74, 6) is -2.00. The first-order chi connectivity index (χ1) is 16.6. The molecule has 0 radical (unpaired) electrons. The van der Waals surface area contributed by atoms with E-state index >= 15 is 0 Å². The molecular formula is C24H26F2N4O4S. The number of hydrogen-bond acceptors (Lipinski definition) is 6. The molecule has 0 saturated heterocycles. The first-order valence-corrected chi connectivity index (χ1v) is 11.5. The maximum absolute atomic E-state index is 13.4. The molecule has 1 heterocycles. The Labute approximate surface area is 204 Å². The van der Waals surface area contributed by atoms with Gasteiger partial charge < -0.3 is 11.1 Å². The van der Waals surface area contributed by atoms with Crippen LogP contribution in [0.5, 0.6) is 0 Å². The van der Waals surface area contributed by atoms with Gasteiger partial charge in [0.05, 0.1) is 23.3 Å². The van der Waals surface area contributed by atoms with E-state index in [1.165, 1.54) is 48.6 Å². The normalized spacial score (nSPS) is 12.3. The number of carbonyl (C=O) groups excluding carboxylic acids is 3. The van der Waals surface area contributed by atoms with E-state index in [1.807, 2.05) is 0 Å². The van der Waals surface area contributed by atoms with Crippen molar-refractivity contribution in [2.45, 2.75) is 49.1 Å². The van der Waals surface area contributed by atoms with Crippen LogP contribution in [0.25, 0.3) is 10.9 Å². The van der Waals surface area contributed by atoms with Crippen LogP contribution < -0.4 is 16.6 Å². The van der Waals surface area contributed by atoms with Crippen LogP contribution in [0.4, 0.5) is 8.78 Å². The summed E-state index contributed by atoms with van der Waals surface area (Å²) in [5.41, 5.74) is 4.51. The Kier molecular flexibility index (Phi) is 10.1. The molecule has 0 aliphatic rings. The minimum atomic E-state index is -1.18. The summed E-state index contributed by atoms with van der Waals surface area (Å²) in [7, 11) is 0. The Bertz CT molecular complexity index is 1280. The van der Waals surface area contributed by atoms with Crippen molar-refractivity contribution in [2.75, 3.05) is 6.67 Å². The third-order valence-electron chi connectivity index (χ3n) is 4.78. The quantitative estimate of drug-likeness (QED) is 0.486. The van der Waals surface area contributed by atoms with E-state index in [1.54, 1.807) is 37.3 Å².